The monoisotopic (exact) mass is 152 g/mol. The standard InChI is InChI=1S/C11H20/c1-5-8-11(7-3)9-10(4)6-2/h7,9H,5-6,8H2,1-4H3/b10-9-,11-7-. The van der Waals surface area contributed by atoms with E-state index in [1.54, 1.807) is 0 Å². The fourth-order valence-corrected chi connectivity index (χ4v) is 1.01. The van der Waals surface area contributed by atoms with E-state index in [1.165, 1.54) is 30.4 Å². The molecule has 0 aromatic heterocycles. The van der Waals surface area contributed by atoms with Crippen LogP contribution in [0, 0.1) is 0 Å². The van der Waals surface area contributed by atoms with Gasteiger partial charge in [-0.2, -0.15) is 0 Å². The van der Waals surface area contributed by atoms with Gasteiger partial charge in [0.15, 0.2) is 0 Å². The highest BCUT2D eigenvalue weighted by molar-refractivity contribution is 5.21. The lowest BCUT2D eigenvalue weighted by atomic mass is 10.1. The Kier molecular flexibility index (Phi) is 5.91. The van der Waals surface area contributed by atoms with E-state index < -0.39 is 0 Å². The first kappa shape index (κ1) is 10.5. The van der Waals surface area contributed by atoms with Crippen LogP contribution in [0.15, 0.2) is 23.3 Å². The Labute approximate surface area is 71.0 Å². The maximum absolute atomic E-state index is 2.31. The zero-order chi connectivity index (χ0) is 8.69. The van der Waals surface area contributed by atoms with E-state index in [0.29, 0.717) is 0 Å². The van der Waals surface area contributed by atoms with Crippen LogP contribution in [0.1, 0.15) is 47.0 Å². The van der Waals surface area contributed by atoms with Gasteiger partial charge in [0.05, 0.1) is 0 Å². The van der Waals surface area contributed by atoms with Crippen molar-refractivity contribution in [2.45, 2.75) is 47.0 Å². The van der Waals surface area contributed by atoms with Crippen LogP contribution in [0.5, 0.6) is 0 Å². The van der Waals surface area contributed by atoms with Gasteiger partial charge in [0.1, 0.15) is 0 Å². The SMILES string of the molecule is C/C=C(\C=C(\C)CC)CCC. The molecular formula is C11H20. The average Bonchev–Trinajstić information content (AvgIpc) is 2.03. The molecule has 0 aliphatic rings. The highest BCUT2D eigenvalue weighted by Gasteiger charge is 1.90. The van der Waals surface area contributed by atoms with Crippen molar-refractivity contribution in [3.8, 4) is 0 Å². The normalized spacial score (nSPS) is 13.8. The molecule has 0 atom stereocenters. The maximum Gasteiger partial charge on any atom is -0.0285 e. The minimum atomic E-state index is 1.17. The van der Waals surface area contributed by atoms with E-state index in [9.17, 15) is 0 Å². The first-order chi connectivity index (χ1) is 5.24. The molecule has 0 aromatic rings. The highest BCUT2D eigenvalue weighted by Crippen LogP contribution is 2.10. The van der Waals surface area contributed by atoms with Crippen LogP contribution >= 0.6 is 0 Å². The molecule has 64 valence electrons. The molecule has 0 aromatic carbocycles. The Morgan fingerprint density at radius 3 is 2.27 bits per heavy atom. The highest BCUT2D eigenvalue weighted by atomic mass is 14.0. The van der Waals surface area contributed by atoms with Crippen molar-refractivity contribution in [2.75, 3.05) is 0 Å². The third kappa shape index (κ3) is 4.83. The Bertz CT molecular complexity index is 149. The molecular weight excluding hydrogens is 132 g/mol. The van der Waals surface area contributed by atoms with Crippen molar-refractivity contribution in [1.82, 2.24) is 0 Å². The average molecular weight is 152 g/mol. The van der Waals surface area contributed by atoms with Crippen LogP contribution in [0.3, 0.4) is 0 Å². The quantitative estimate of drug-likeness (QED) is 0.532. The predicted octanol–water partition coefficient (Wildman–Crippen LogP) is 4.09. The fourth-order valence-electron chi connectivity index (χ4n) is 1.01. The topological polar surface area (TPSA) is 0 Å². The third-order valence-corrected chi connectivity index (χ3v) is 1.90. The van der Waals surface area contributed by atoms with E-state index in [4.69, 9.17) is 0 Å². The van der Waals surface area contributed by atoms with Crippen LogP contribution in [-0.4, -0.2) is 0 Å². The molecule has 0 bridgehead atoms. The van der Waals surface area contributed by atoms with E-state index in [0.717, 1.165) is 0 Å². The number of hydrogen-bond donors (Lipinski definition) is 0. The predicted molar refractivity (Wildman–Crippen MR) is 52.7 cm³/mol. The summed E-state index contributed by atoms with van der Waals surface area (Å²) in [6.45, 7) is 8.73. The summed E-state index contributed by atoms with van der Waals surface area (Å²) in [5.41, 5.74) is 2.96. The van der Waals surface area contributed by atoms with E-state index in [1.807, 2.05) is 0 Å². The largest absolute Gasteiger partial charge is 0.0844 e. The van der Waals surface area contributed by atoms with Crippen LogP contribution < -0.4 is 0 Å². The molecule has 0 aliphatic heterocycles. The van der Waals surface area contributed by atoms with Crippen LogP contribution in [0.4, 0.5) is 0 Å². The first-order valence-electron chi connectivity index (χ1n) is 4.56. The Morgan fingerprint density at radius 1 is 1.27 bits per heavy atom. The van der Waals surface area contributed by atoms with Crippen LogP contribution in [0.25, 0.3) is 0 Å². The molecule has 0 aliphatic carbocycles. The summed E-state index contributed by atoms with van der Waals surface area (Å²) in [5, 5.41) is 0. The second kappa shape index (κ2) is 6.21. The summed E-state index contributed by atoms with van der Waals surface area (Å²) in [7, 11) is 0. The fraction of sp³-hybridized carbons (Fsp3) is 0.636. The maximum atomic E-state index is 2.31. The summed E-state index contributed by atoms with van der Waals surface area (Å²) in [6.07, 6.45) is 8.15. The lowest BCUT2D eigenvalue weighted by molar-refractivity contribution is 0.918. The van der Waals surface area contributed by atoms with Gasteiger partial charge in [-0.15, -0.1) is 0 Å². The molecule has 0 radical (unpaired) electrons. The zero-order valence-electron chi connectivity index (χ0n) is 8.28. The Hall–Kier alpha value is -0.520. The van der Waals surface area contributed by atoms with Gasteiger partial charge in [0.25, 0.3) is 0 Å². The number of hydrogen-bond acceptors (Lipinski definition) is 0. The molecule has 0 rings (SSSR count). The molecule has 11 heavy (non-hydrogen) atoms. The molecule has 0 saturated heterocycles. The van der Waals surface area contributed by atoms with Crippen molar-refractivity contribution in [2.24, 2.45) is 0 Å². The summed E-state index contributed by atoms with van der Waals surface area (Å²) in [6, 6.07) is 0. The molecule has 0 N–H and O–H groups in total. The number of rotatable bonds is 4. The van der Waals surface area contributed by atoms with Gasteiger partial charge in [-0.3, -0.25) is 0 Å². The van der Waals surface area contributed by atoms with Crippen molar-refractivity contribution in [3.63, 3.8) is 0 Å². The van der Waals surface area contributed by atoms with Crippen LogP contribution in [-0.2, 0) is 0 Å². The second-order valence-corrected chi connectivity index (χ2v) is 2.96. The zero-order valence-corrected chi connectivity index (χ0v) is 8.28. The van der Waals surface area contributed by atoms with Crippen molar-refractivity contribution >= 4 is 0 Å². The lowest BCUT2D eigenvalue weighted by Gasteiger charge is -2.00. The minimum absolute atomic E-state index is 1.17. The molecule has 0 amide bonds. The summed E-state index contributed by atoms with van der Waals surface area (Å²) in [4.78, 5) is 0. The molecule has 0 heteroatoms. The van der Waals surface area contributed by atoms with Crippen molar-refractivity contribution in [3.05, 3.63) is 23.3 Å². The van der Waals surface area contributed by atoms with Crippen molar-refractivity contribution < 1.29 is 0 Å². The third-order valence-electron chi connectivity index (χ3n) is 1.90. The molecule has 0 spiro atoms. The van der Waals surface area contributed by atoms with E-state index >= 15 is 0 Å². The van der Waals surface area contributed by atoms with Crippen molar-refractivity contribution in [1.29, 1.82) is 0 Å². The molecule has 0 heterocycles. The molecule has 0 fully saturated rings. The van der Waals surface area contributed by atoms with Gasteiger partial charge in [0, 0.05) is 0 Å². The van der Waals surface area contributed by atoms with Gasteiger partial charge in [-0.25, -0.2) is 0 Å². The van der Waals surface area contributed by atoms with Gasteiger partial charge < -0.3 is 0 Å². The molecule has 0 saturated carbocycles. The minimum Gasteiger partial charge on any atom is -0.0844 e. The van der Waals surface area contributed by atoms with E-state index in [2.05, 4.69) is 39.8 Å². The van der Waals surface area contributed by atoms with Gasteiger partial charge in [-0.1, -0.05) is 43.6 Å². The van der Waals surface area contributed by atoms with Gasteiger partial charge in [0.2, 0.25) is 0 Å². The molecule has 0 unspecified atom stereocenters. The summed E-state index contributed by atoms with van der Waals surface area (Å²) >= 11 is 0. The molecule has 0 nitrogen and oxygen atoms in total. The van der Waals surface area contributed by atoms with E-state index in [-0.39, 0.29) is 0 Å². The number of allylic oxidation sites excluding steroid dienone is 4. The smallest absolute Gasteiger partial charge is 0.0285 e. The van der Waals surface area contributed by atoms with Gasteiger partial charge in [-0.05, 0) is 26.7 Å². The summed E-state index contributed by atoms with van der Waals surface area (Å²) in [5.74, 6) is 0. The van der Waals surface area contributed by atoms with Gasteiger partial charge >= 0.3 is 0 Å². The lowest BCUT2D eigenvalue weighted by Crippen LogP contribution is -1.79. The Morgan fingerprint density at radius 2 is 1.91 bits per heavy atom. The van der Waals surface area contributed by atoms with Crippen LogP contribution in [0.2, 0.25) is 0 Å². The first-order valence-corrected chi connectivity index (χ1v) is 4.56. The summed E-state index contributed by atoms with van der Waals surface area (Å²) < 4.78 is 0. The second-order valence-electron chi connectivity index (χ2n) is 2.96. The Balaban J connectivity index is 4.07.